The minimum absolute atomic E-state index is 0.0778. The number of aliphatic hydroxyl groups excluding tert-OH is 1. The SMILES string of the molecule is NCC(c1cc(F)cc(F)c1)C(O)c1ccc(F)c(F)c1. The quantitative estimate of drug-likeness (QED) is 0.853. The highest BCUT2D eigenvalue weighted by Gasteiger charge is 2.23. The molecule has 0 aliphatic carbocycles. The lowest BCUT2D eigenvalue weighted by Crippen LogP contribution is -2.20. The summed E-state index contributed by atoms with van der Waals surface area (Å²) in [5, 5.41) is 10.2. The van der Waals surface area contributed by atoms with Crippen LogP contribution in [0.5, 0.6) is 0 Å². The molecule has 0 spiro atoms. The van der Waals surface area contributed by atoms with Crippen molar-refractivity contribution in [3.8, 4) is 0 Å². The molecule has 0 aliphatic rings. The lowest BCUT2D eigenvalue weighted by Gasteiger charge is -2.22. The van der Waals surface area contributed by atoms with Crippen LogP contribution in [0.25, 0.3) is 0 Å². The highest BCUT2D eigenvalue weighted by atomic mass is 19.2. The summed E-state index contributed by atoms with van der Waals surface area (Å²) in [6, 6.07) is 5.68. The average molecular weight is 299 g/mol. The zero-order valence-corrected chi connectivity index (χ0v) is 10.9. The number of rotatable bonds is 4. The Hall–Kier alpha value is -1.92. The van der Waals surface area contributed by atoms with E-state index in [4.69, 9.17) is 5.73 Å². The summed E-state index contributed by atoms with van der Waals surface area (Å²) in [6.45, 7) is -0.122. The van der Waals surface area contributed by atoms with E-state index < -0.39 is 35.3 Å². The van der Waals surface area contributed by atoms with Crippen LogP contribution < -0.4 is 5.73 Å². The van der Waals surface area contributed by atoms with Gasteiger partial charge in [-0.05, 0) is 35.4 Å². The molecule has 3 N–H and O–H groups in total. The van der Waals surface area contributed by atoms with Gasteiger partial charge in [-0.2, -0.15) is 0 Å². The molecule has 2 rings (SSSR count). The zero-order valence-electron chi connectivity index (χ0n) is 10.9. The number of aliphatic hydroxyl groups is 1. The Labute approximate surface area is 118 Å². The van der Waals surface area contributed by atoms with Gasteiger partial charge in [0.2, 0.25) is 0 Å². The van der Waals surface area contributed by atoms with Gasteiger partial charge in [0, 0.05) is 18.5 Å². The minimum atomic E-state index is -1.31. The predicted octanol–water partition coefficient (Wildman–Crippen LogP) is 3.02. The first kappa shape index (κ1) is 15.5. The van der Waals surface area contributed by atoms with E-state index in [0.29, 0.717) is 6.07 Å². The summed E-state index contributed by atoms with van der Waals surface area (Å²) in [5.74, 6) is -4.62. The third-order valence-corrected chi connectivity index (χ3v) is 3.23. The van der Waals surface area contributed by atoms with Crippen molar-refractivity contribution in [2.45, 2.75) is 12.0 Å². The Morgan fingerprint density at radius 2 is 1.48 bits per heavy atom. The Bertz CT molecular complexity index is 627. The molecule has 21 heavy (non-hydrogen) atoms. The van der Waals surface area contributed by atoms with Crippen molar-refractivity contribution in [2.24, 2.45) is 5.73 Å². The maximum absolute atomic E-state index is 13.2. The van der Waals surface area contributed by atoms with Crippen molar-refractivity contribution < 1.29 is 22.7 Å². The lowest BCUT2D eigenvalue weighted by atomic mass is 9.89. The summed E-state index contributed by atoms with van der Waals surface area (Å²) in [5.41, 5.74) is 5.76. The number of hydrogen-bond acceptors (Lipinski definition) is 2. The standard InChI is InChI=1S/C15H13F4NO/c16-10-3-9(4-11(17)6-10)12(7-20)15(21)8-1-2-13(18)14(19)5-8/h1-6,12,15,21H,7,20H2. The van der Waals surface area contributed by atoms with Gasteiger partial charge in [0.15, 0.2) is 11.6 Å². The van der Waals surface area contributed by atoms with E-state index in [1.807, 2.05) is 0 Å². The molecule has 0 saturated heterocycles. The molecule has 0 aliphatic heterocycles. The van der Waals surface area contributed by atoms with Crippen molar-refractivity contribution in [3.63, 3.8) is 0 Å². The van der Waals surface area contributed by atoms with Crippen LogP contribution in [0.2, 0.25) is 0 Å². The van der Waals surface area contributed by atoms with E-state index >= 15 is 0 Å². The van der Waals surface area contributed by atoms with Crippen molar-refractivity contribution in [1.29, 1.82) is 0 Å². The molecule has 2 atom stereocenters. The second kappa shape index (κ2) is 6.24. The van der Waals surface area contributed by atoms with Gasteiger partial charge in [0.25, 0.3) is 0 Å². The molecule has 0 saturated carbocycles. The van der Waals surface area contributed by atoms with Crippen LogP contribution in [-0.4, -0.2) is 11.7 Å². The molecule has 0 heterocycles. The van der Waals surface area contributed by atoms with Crippen LogP contribution >= 0.6 is 0 Å². The fraction of sp³-hybridized carbons (Fsp3) is 0.200. The van der Waals surface area contributed by atoms with E-state index in [-0.39, 0.29) is 17.7 Å². The summed E-state index contributed by atoms with van der Waals surface area (Å²) in [6.07, 6.45) is -1.31. The average Bonchev–Trinajstić information content (AvgIpc) is 2.41. The zero-order chi connectivity index (χ0) is 15.6. The maximum atomic E-state index is 13.2. The van der Waals surface area contributed by atoms with E-state index in [1.54, 1.807) is 0 Å². The van der Waals surface area contributed by atoms with E-state index in [1.165, 1.54) is 6.07 Å². The number of halogens is 4. The molecule has 2 nitrogen and oxygen atoms in total. The smallest absolute Gasteiger partial charge is 0.159 e. The van der Waals surface area contributed by atoms with Gasteiger partial charge in [-0.3, -0.25) is 0 Å². The third-order valence-electron chi connectivity index (χ3n) is 3.23. The van der Waals surface area contributed by atoms with Gasteiger partial charge >= 0.3 is 0 Å². The fourth-order valence-electron chi connectivity index (χ4n) is 2.17. The van der Waals surface area contributed by atoms with Crippen molar-refractivity contribution in [3.05, 3.63) is 70.8 Å². The molecular formula is C15H13F4NO. The third kappa shape index (κ3) is 3.40. The lowest BCUT2D eigenvalue weighted by molar-refractivity contribution is 0.146. The Balaban J connectivity index is 2.37. The van der Waals surface area contributed by atoms with Crippen LogP contribution in [0.1, 0.15) is 23.1 Å². The summed E-state index contributed by atoms with van der Waals surface area (Å²) in [7, 11) is 0. The molecule has 0 amide bonds. The van der Waals surface area contributed by atoms with Gasteiger partial charge in [-0.15, -0.1) is 0 Å². The Kier molecular flexibility index (Phi) is 4.59. The molecular weight excluding hydrogens is 286 g/mol. The Morgan fingerprint density at radius 1 is 0.857 bits per heavy atom. The second-order valence-electron chi connectivity index (χ2n) is 4.66. The molecule has 6 heteroatoms. The number of benzene rings is 2. The van der Waals surface area contributed by atoms with Crippen LogP contribution in [0.15, 0.2) is 36.4 Å². The molecule has 0 radical (unpaired) electrons. The van der Waals surface area contributed by atoms with Crippen LogP contribution in [0.3, 0.4) is 0 Å². The van der Waals surface area contributed by atoms with E-state index in [2.05, 4.69) is 0 Å². The van der Waals surface area contributed by atoms with E-state index in [9.17, 15) is 22.7 Å². The monoisotopic (exact) mass is 299 g/mol. The normalized spacial score (nSPS) is 14.0. The van der Waals surface area contributed by atoms with Crippen molar-refractivity contribution in [1.82, 2.24) is 0 Å². The summed E-state index contributed by atoms with van der Waals surface area (Å²) < 4.78 is 52.6. The maximum Gasteiger partial charge on any atom is 0.159 e. The molecule has 112 valence electrons. The fourth-order valence-corrected chi connectivity index (χ4v) is 2.17. The first-order valence-electron chi connectivity index (χ1n) is 6.21. The second-order valence-corrected chi connectivity index (χ2v) is 4.66. The van der Waals surface area contributed by atoms with Gasteiger partial charge in [-0.25, -0.2) is 17.6 Å². The van der Waals surface area contributed by atoms with Gasteiger partial charge in [0.1, 0.15) is 11.6 Å². The van der Waals surface area contributed by atoms with Gasteiger partial charge < -0.3 is 10.8 Å². The number of hydrogen-bond donors (Lipinski definition) is 2. The predicted molar refractivity (Wildman–Crippen MR) is 69.5 cm³/mol. The van der Waals surface area contributed by atoms with Gasteiger partial charge in [-0.1, -0.05) is 6.07 Å². The minimum Gasteiger partial charge on any atom is -0.388 e. The number of nitrogens with two attached hydrogens (primary N) is 1. The summed E-state index contributed by atoms with van der Waals surface area (Å²) >= 11 is 0. The molecule has 0 bridgehead atoms. The van der Waals surface area contributed by atoms with Crippen molar-refractivity contribution >= 4 is 0 Å². The molecule has 2 unspecified atom stereocenters. The van der Waals surface area contributed by atoms with Gasteiger partial charge in [0.05, 0.1) is 6.10 Å². The topological polar surface area (TPSA) is 46.2 Å². The van der Waals surface area contributed by atoms with E-state index in [0.717, 1.165) is 24.3 Å². The highest BCUT2D eigenvalue weighted by molar-refractivity contribution is 5.28. The van der Waals surface area contributed by atoms with Crippen LogP contribution in [0.4, 0.5) is 17.6 Å². The first-order valence-corrected chi connectivity index (χ1v) is 6.21. The highest BCUT2D eigenvalue weighted by Crippen LogP contribution is 2.31. The molecule has 0 aromatic heterocycles. The molecule has 2 aromatic carbocycles. The van der Waals surface area contributed by atoms with Crippen LogP contribution in [0, 0.1) is 23.3 Å². The largest absolute Gasteiger partial charge is 0.388 e. The molecule has 2 aromatic rings. The first-order chi connectivity index (χ1) is 9.92. The Morgan fingerprint density at radius 3 is 2.00 bits per heavy atom. The summed E-state index contributed by atoms with van der Waals surface area (Å²) in [4.78, 5) is 0. The molecule has 0 fully saturated rings. The van der Waals surface area contributed by atoms with Crippen LogP contribution in [-0.2, 0) is 0 Å². The van der Waals surface area contributed by atoms with Crippen molar-refractivity contribution in [2.75, 3.05) is 6.54 Å².